The Bertz CT molecular complexity index is 4520. The van der Waals surface area contributed by atoms with E-state index in [1.54, 1.807) is 22.8 Å². The molecule has 3 heterocycles. The van der Waals surface area contributed by atoms with Crippen LogP contribution in [0.2, 0.25) is 0 Å². The third-order valence-corrected chi connectivity index (χ3v) is 16.3. The molecule has 0 fully saturated rings. The van der Waals surface area contributed by atoms with Gasteiger partial charge >= 0.3 is 0 Å². The first kappa shape index (κ1) is 44.5. The van der Waals surface area contributed by atoms with Gasteiger partial charge in [0.1, 0.15) is 5.82 Å². The molecule has 0 atom stereocenters. The topological polar surface area (TPSA) is 33.5 Å². The van der Waals surface area contributed by atoms with Crippen molar-refractivity contribution in [1.29, 1.82) is 0 Å². The average molecular weight is 1240 g/mol. The third-order valence-electron chi connectivity index (χ3n) is 16.3. The minimum absolute atomic E-state index is 0. The molecule has 0 radical (unpaired) electrons. The Balaban J connectivity index is 0.00000817. The number of nitrogens with zero attached hydrogens (tertiary/aromatic N) is 4. The second-order valence-electron chi connectivity index (χ2n) is 25.9. The van der Waals surface area contributed by atoms with Crippen molar-refractivity contribution in [2.24, 2.45) is 0 Å². The molecular weight excluding hydrogens is 1160 g/mol. The summed E-state index contributed by atoms with van der Waals surface area (Å²) in [6.45, 7) is 31.2. The summed E-state index contributed by atoms with van der Waals surface area (Å²) in [5.41, 5.74) is 14.1. The van der Waals surface area contributed by atoms with Gasteiger partial charge in [-0.2, -0.15) is 12.1 Å². The van der Waals surface area contributed by atoms with Gasteiger partial charge in [0.15, 0.2) is 0 Å². The van der Waals surface area contributed by atoms with E-state index in [9.17, 15) is 2.74 Å². The molecule has 10 aromatic rings. The van der Waals surface area contributed by atoms with Crippen molar-refractivity contribution in [1.82, 2.24) is 9.55 Å². The fourth-order valence-corrected chi connectivity index (χ4v) is 11.6. The van der Waals surface area contributed by atoms with Crippen molar-refractivity contribution in [3.63, 3.8) is 0 Å². The number of aromatic nitrogens is 2. The zero-order valence-corrected chi connectivity index (χ0v) is 50.3. The summed E-state index contributed by atoms with van der Waals surface area (Å²) in [4.78, 5) is 9.36. The van der Waals surface area contributed by atoms with Gasteiger partial charge in [-0.1, -0.05) is 198 Å². The predicted octanol–water partition coefficient (Wildman–Crippen LogP) is 20.2. The summed E-state index contributed by atoms with van der Waals surface area (Å²) >= 11 is 0. The van der Waals surface area contributed by atoms with Crippen molar-refractivity contribution in [3.8, 4) is 50.7 Å². The van der Waals surface area contributed by atoms with E-state index >= 15 is 0 Å². The van der Waals surface area contributed by atoms with Crippen molar-refractivity contribution in [2.45, 2.75) is 130 Å². The first-order chi connectivity index (χ1) is 41.3. The number of hydrogen-bond donors (Lipinski definition) is 0. The summed E-state index contributed by atoms with van der Waals surface area (Å²) < 4.78 is 87.4. The van der Waals surface area contributed by atoms with Crippen LogP contribution in [0.1, 0.15) is 143 Å². The van der Waals surface area contributed by atoms with Crippen molar-refractivity contribution >= 4 is 44.6 Å². The van der Waals surface area contributed by atoms with Crippen LogP contribution < -0.4 is 14.5 Å². The predicted molar refractivity (Wildman–Crippen MR) is 332 cm³/mol. The molecule has 0 bridgehead atoms. The molecule has 80 heavy (non-hydrogen) atoms. The number of fused-ring (bicyclic) bond motifs is 5. The first-order valence-corrected chi connectivity index (χ1v) is 27.5. The molecule has 12 rings (SSSR count). The van der Waals surface area contributed by atoms with E-state index < -0.39 is 35.6 Å². The maximum Gasteiger partial charge on any atom is 0.135 e. The van der Waals surface area contributed by atoms with Gasteiger partial charge < -0.3 is 19.1 Å². The van der Waals surface area contributed by atoms with Crippen LogP contribution in [0.5, 0.6) is 11.5 Å². The number of para-hydroxylation sites is 3. The van der Waals surface area contributed by atoms with Crippen molar-refractivity contribution < 1.29 is 38.1 Å². The van der Waals surface area contributed by atoms with Gasteiger partial charge in [-0.05, 0) is 126 Å². The maximum absolute atomic E-state index is 9.31. The average Bonchev–Trinajstić information content (AvgIpc) is 1.67. The molecule has 2 aliphatic rings. The summed E-state index contributed by atoms with van der Waals surface area (Å²) in [5.74, 6) is 0.929. The van der Waals surface area contributed by atoms with Gasteiger partial charge in [0, 0.05) is 78.0 Å². The van der Waals surface area contributed by atoms with Crippen LogP contribution in [-0.4, -0.2) is 9.55 Å². The third kappa shape index (κ3) is 9.88. The molecule has 408 valence electrons. The van der Waals surface area contributed by atoms with E-state index in [0.29, 0.717) is 33.5 Å². The molecule has 0 amide bonds. The number of anilines is 4. The summed E-state index contributed by atoms with van der Waals surface area (Å²) in [7, 11) is 0. The molecular formula is C74H73N4OPt-3. The zero-order valence-electron chi connectivity index (χ0n) is 57.1. The second kappa shape index (κ2) is 20.1. The van der Waals surface area contributed by atoms with Crippen LogP contribution in [0.4, 0.5) is 22.7 Å². The smallest absolute Gasteiger partial charge is 0.135 e. The largest absolute Gasteiger partial charge is 0.509 e. The van der Waals surface area contributed by atoms with E-state index in [2.05, 4.69) is 177 Å². The fourth-order valence-electron chi connectivity index (χ4n) is 11.6. The summed E-state index contributed by atoms with van der Waals surface area (Å²) in [6, 6.07) is 44.0. The number of pyridine rings is 1. The molecule has 0 saturated carbocycles. The van der Waals surface area contributed by atoms with Gasteiger partial charge in [-0.15, -0.1) is 48.1 Å². The van der Waals surface area contributed by atoms with Crippen LogP contribution in [0.25, 0.3) is 61.0 Å². The normalized spacial score (nSPS) is 16.5. The van der Waals surface area contributed by atoms with Crippen LogP contribution in [0.15, 0.2) is 176 Å². The Hall–Kier alpha value is -7.20. The summed E-state index contributed by atoms with van der Waals surface area (Å²) in [5, 5.41) is 0.742. The monoisotopic (exact) mass is 1240 g/mol. The number of rotatable bonds is 8. The molecule has 1 aliphatic carbocycles. The van der Waals surface area contributed by atoms with E-state index in [4.69, 9.17) is 19.3 Å². The number of benzene rings is 8. The van der Waals surface area contributed by atoms with Crippen LogP contribution in [0.3, 0.4) is 0 Å². The van der Waals surface area contributed by atoms with Gasteiger partial charge in [0.05, 0.1) is 12.3 Å². The standard InChI is InChI=1S/C74H73N4O.Pt/c1-70(2,3)51-26-21-25-49(39-51)58-41-52(71(4,5)6)42-59(50-33-36-61-63(40-50)74(12,13)38-37-73(61,10)11)69(58)77-47-76(65-31-19-20-32-66(65)77)53-27-22-28-54(43-53)79-55-34-35-57-56-29-17-18-30-64(56)78(67(57)44-55)68-45-62(72(7,8)9)60(46-75-68)48-23-15-14-16-24-48;/h14-36,39-42,45-47H,37-38H2,1-13H3;/q-3;/i14D,15D,16D,17D,18D,23D,24D,29D,30D;. The van der Waals surface area contributed by atoms with E-state index in [1.807, 2.05) is 39.0 Å². The zero-order chi connectivity index (χ0) is 63.2. The number of hydrogen-bond acceptors (Lipinski definition) is 4. The first-order valence-electron chi connectivity index (χ1n) is 32.0. The van der Waals surface area contributed by atoms with Crippen molar-refractivity contribution in [3.05, 3.63) is 222 Å². The molecule has 0 saturated heterocycles. The Labute approximate surface area is 502 Å². The molecule has 0 unspecified atom stereocenters. The van der Waals surface area contributed by atoms with E-state index in [-0.39, 0.29) is 94.9 Å². The van der Waals surface area contributed by atoms with Gasteiger partial charge in [0.25, 0.3) is 0 Å². The molecule has 1 aliphatic heterocycles. The molecule has 5 nitrogen and oxygen atoms in total. The maximum atomic E-state index is 9.31. The molecule has 2 aromatic heterocycles. The van der Waals surface area contributed by atoms with Gasteiger partial charge in [-0.25, -0.2) is 4.98 Å². The van der Waals surface area contributed by atoms with Crippen LogP contribution in [-0.2, 0) is 48.1 Å². The number of ether oxygens (including phenoxy) is 1. The molecule has 6 heteroatoms. The SMILES string of the molecule is [2H]c1c([2H])c([2H])c(-c2cnc(-n3c4[c-]c(Oc5[c-]c(N6[CH-]N(c7c(-c8cccc(C(C)(C)C)c8)cc(C(C)(C)C)cc7-c7ccc8c(c7)C(C)(C)CCC8(C)C)c7ccccc76)ccc5)ccc4c4c([2H])c([2H])c([2H])c([2H])c43)cc2C(C)(C)C)c([2H])c1[2H].[Pt]. The minimum Gasteiger partial charge on any atom is -0.509 e. The molecule has 0 N–H and O–H groups in total. The fraction of sp³-hybridized carbons (Fsp3) is 0.270. The van der Waals surface area contributed by atoms with Crippen LogP contribution >= 0.6 is 0 Å². The second-order valence-corrected chi connectivity index (χ2v) is 25.9. The Kier molecular flexibility index (Phi) is 11.2. The summed E-state index contributed by atoms with van der Waals surface area (Å²) in [6.07, 6.45) is 3.70. The molecule has 0 spiro atoms. The van der Waals surface area contributed by atoms with Gasteiger partial charge in [0.2, 0.25) is 0 Å². The van der Waals surface area contributed by atoms with Gasteiger partial charge in [-0.3, -0.25) is 0 Å². The van der Waals surface area contributed by atoms with E-state index in [0.717, 1.165) is 52.2 Å². The Morgan fingerprint density at radius 1 is 0.550 bits per heavy atom. The quantitative estimate of drug-likeness (QED) is 0.142. The van der Waals surface area contributed by atoms with Crippen LogP contribution in [0, 0.1) is 18.8 Å². The molecule has 8 aromatic carbocycles. The Morgan fingerprint density at radius 3 is 1.89 bits per heavy atom. The Morgan fingerprint density at radius 2 is 1.19 bits per heavy atom. The van der Waals surface area contributed by atoms with Crippen molar-refractivity contribution in [2.75, 3.05) is 9.80 Å². The van der Waals surface area contributed by atoms with E-state index in [1.165, 1.54) is 28.5 Å². The minimum atomic E-state index is -0.673.